The number of carbonyl (C=O) groups is 1. The number of amides is 1. The first-order valence-electron chi connectivity index (χ1n) is 7.19. The molecule has 102 valence electrons. The zero-order chi connectivity index (χ0) is 13.2. The molecular formula is C15H26N2O. The van der Waals surface area contributed by atoms with Crippen molar-refractivity contribution in [3.8, 4) is 12.3 Å². The Balaban J connectivity index is 2.25. The number of piperidine rings is 1. The number of hydrogen-bond donors (Lipinski definition) is 1. The highest BCUT2D eigenvalue weighted by Gasteiger charge is 2.19. The lowest BCUT2D eigenvalue weighted by molar-refractivity contribution is -0.131. The summed E-state index contributed by atoms with van der Waals surface area (Å²) in [7, 11) is 0. The van der Waals surface area contributed by atoms with E-state index >= 15 is 0 Å². The van der Waals surface area contributed by atoms with Gasteiger partial charge in [0.15, 0.2) is 0 Å². The van der Waals surface area contributed by atoms with Crippen LogP contribution in [-0.2, 0) is 4.79 Å². The fourth-order valence-electron chi connectivity index (χ4n) is 2.46. The number of hydrogen-bond acceptors (Lipinski definition) is 2. The van der Waals surface area contributed by atoms with E-state index in [4.69, 9.17) is 6.42 Å². The molecule has 1 rings (SSSR count). The van der Waals surface area contributed by atoms with Crippen molar-refractivity contribution >= 4 is 5.91 Å². The summed E-state index contributed by atoms with van der Waals surface area (Å²) in [5.41, 5.74) is 0. The summed E-state index contributed by atoms with van der Waals surface area (Å²) in [5, 5.41) is 3.40. The Morgan fingerprint density at radius 3 is 2.94 bits per heavy atom. The fraction of sp³-hybridized carbons (Fsp3) is 0.800. The molecule has 0 aromatic carbocycles. The van der Waals surface area contributed by atoms with Crippen LogP contribution in [0.15, 0.2) is 0 Å². The summed E-state index contributed by atoms with van der Waals surface area (Å²) in [6.07, 6.45) is 11.0. The predicted octanol–water partition coefficient (Wildman–Crippen LogP) is 2.03. The van der Waals surface area contributed by atoms with Gasteiger partial charge in [-0.05, 0) is 51.6 Å². The van der Waals surface area contributed by atoms with Crippen LogP contribution in [0.2, 0.25) is 0 Å². The highest BCUT2D eigenvalue weighted by Crippen LogP contribution is 2.13. The Labute approximate surface area is 111 Å². The van der Waals surface area contributed by atoms with Gasteiger partial charge in [-0.25, -0.2) is 0 Å². The van der Waals surface area contributed by atoms with Crippen LogP contribution >= 0.6 is 0 Å². The largest absolute Gasteiger partial charge is 0.343 e. The summed E-state index contributed by atoms with van der Waals surface area (Å²) in [5.74, 6) is 3.54. The van der Waals surface area contributed by atoms with Gasteiger partial charge >= 0.3 is 0 Å². The zero-order valence-corrected chi connectivity index (χ0v) is 11.6. The number of carbonyl (C=O) groups excluding carboxylic acids is 1. The monoisotopic (exact) mass is 250 g/mol. The van der Waals surface area contributed by atoms with Gasteiger partial charge in [0.25, 0.3) is 0 Å². The molecule has 0 aromatic rings. The van der Waals surface area contributed by atoms with E-state index in [1.54, 1.807) is 0 Å². The van der Waals surface area contributed by atoms with Gasteiger partial charge in [-0.2, -0.15) is 0 Å². The maximum atomic E-state index is 12.1. The van der Waals surface area contributed by atoms with Crippen LogP contribution in [-0.4, -0.2) is 37.0 Å². The lowest BCUT2D eigenvalue weighted by Gasteiger charge is -2.29. The van der Waals surface area contributed by atoms with Gasteiger partial charge in [-0.1, -0.05) is 0 Å². The van der Waals surface area contributed by atoms with Gasteiger partial charge in [0.2, 0.25) is 5.91 Å². The van der Waals surface area contributed by atoms with E-state index in [1.807, 2.05) is 4.90 Å². The van der Waals surface area contributed by atoms with E-state index in [0.717, 1.165) is 45.4 Å². The quantitative estimate of drug-likeness (QED) is 0.554. The average Bonchev–Trinajstić information content (AvgIpc) is 2.42. The van der Waals surface area contributed by atoms with E-state index in [9.17, 15) is 4.79 Å². The molecule has 0 spiro atoms. The Morgan fingerprint density at radius 1 is 1.50 bits per heavy atom. The first-order chi connectivity index (χ1) is 8.77. The second kappa shape index (κ2) is 8.99. The number of unbranched alkanes of at least 4 members (excludes halogenated alkanes) is 2. The summed E-state index contributed by atoms with van der Waals surface area (Å²) in [4.78, 5) is 14.1. The average molecular weight is 250 g/mol. The van der Waals surface area contributed by atoms with E-state index in [2.05, 4.69) is 18.2 Å². The smallest absolute Gasteiger partial charge is 0.222 e. The Hall–Kier alpha value is -1.01. The highest BCUT2D eigenvalue weighted by atomic mass is 16.2. The first-order valence-corrected chi connectivity index (χ1v) is 7.19. The van der Waals surface area contributed by atoms with Crippen LogP contribution < -0.4 is 5.32 Å². The summed E-state index contributed by atoms with van der Waals surface area (Å²) in [6, 6.07) is 0. The Morgan fingerprint density at radius 2 is 2.33 bits per heavy atom. The van der Waals surface area contributed by atoms with Crippen LogP contribution in [0.5, 0.6) is 0 Å². The number of nitrogens with zero attached hydrogens (tertiary/aromatic N) is 1. The summed E-state index contributed by atoms with van der Waals surface area (Å²) in [6.45, 7) is 5.99. The topological polar surface area (TPSA) is 32.3 Å². The molecule has 0 bridgehead atoms. The van der Waals surface area contributed by atoms with Crippen LogP contribution in [0, 0.1) is 18.3 Å². The summed E-state index contributed by atoms with van der Waals surface area (Å²) >= 11 is 0. The molecule has 1 N–H and O–H groups in total. The van der Waals surface area contributed by atoms with E-state index in [0.29, 0.717) is 18.2 Å². The van der Waals surface area contributed by atoms with Crippen LogP contribution in [0.25, 0.3) is 0 Å². The van der Waals surface area contributed by atoms with Crippen molar-refractivity contribution in [3.63, 3.8) is 0 Å². The second-order valence-corrected chi connectivity index (χ2v) is 5.06. The molecule has 1 heterocycles. The van der Waals surface area contributed by atoms with Crippen molar-refractivity contribution in [2.45, 2.75) is 45.4 Å². The maximum Gasteiger partial charge on any atom is 0.222 e. The molecule has 0 aromatic heterocycles. The molecule has 0 radical (unpaired) electrons. The SMILES string of the molecule is C#CCCCCC(=O)N(CC)CC1CCCNC1. The molecule has 1 amide bonds. The molecule has 1 unspecified atom stereocenters. The molecule has 1 atom stereocenters. The number of nitrogens with one attached hydrogen (secondary N) is 1. The number of rotatable bonds is 7. The first kappa shape index (κ1) is 15.0. The fourth-order valence-corrected chi connectivity index (χ4v) is 2.46. The normalized spacial score (nSPS) is 19.2. The minimum absolute atomic E-state index is 0.292. The molecule has 1 saturated heterocycles. The molecule has 1 aliphatic rings. The maximum absolute atomic E-state index is 12.1. The van der Waals surface area contributed by atoms with Gasteiger partial charge in [-0.3, -0.25) is 4.79 Å². The van der Waals surface area contributed by atoms with Gasteiger partial charge in [-0.15, -0.1) is 12.3 Å². The zero-order valence-electron chi connectivity index (χ0n) is 11.6. The Kier molecular flexibility index (Phi) is 7.52. The third kappa shape index (κ3) is 5.55. The van der Waals surface area contributed by atoms with Gasteiger partial charge in [0.05, 0.1) is 0 Å². The van der Waals surface area contributed by atoms with Gasteiger partial charge in [0.1, 0.15) is 0 Å². The molecule has 0 aliphatic carbocycles. The van der Waals surface area contributed by atoms with E-state index in [-0.39, 0.29) is 0 Å². The number of terminal acetylenes is 1. The minimum Gasteiger partial charge on any atom is -0.343 e. The molecule has 0 saturated carbocycles. The molecule has 18 heavy (non-hydrogen) atoms. The molecule has 1 fully saturated rings. The van der Waals surface area contributed by atoms with Gasteiger partial charge in [0, 0.05) is 25.9 Å². The second-order valence-electron chi connectivity index (χ2n) is 5.06. The lowest BCUT2D eigenvalue weighted by Crippen LogP contribution is -2.40. The van der Waals surface area contributed by atoms with Crippen molar-refractivity contribution in [2.24, 2.45) is 5.92 Å². The van der Waals surface area contributed by atoms with Crippen LogP contribution in [0.3, 0.4) is 0 Å². The Bertz CT molecular complexity index is 277. The predicted molar refractivity (Wildman–Crippen MR) is 75.1 cm³/mol. The van der Waals surface area contributed by atoms with Gasteiger partial charge < -0.3 is 10.2 Å². The van der Waals surface area contributed by atoms with E-state index in [1.165, 1.54) is 12.8 Å². The van der Waals surface area contributed by atoms with Crippen molar-refractivity contribution in [1.29, 1.82) is 0 Å². The van der Waals surface area contributed by atoms with Crippen molar-refractivity contribution in [3.05, 3.63) is 0 Å². The van der Waals surface area contributed by atoms with Crippen molar-refractivity contribution < 1.29 is 4.79 Å². The van der Waals surface area contributed by atoms with Crippen molar-refractivity contribution in [2.75, 3.05) is 26.2 Å². The van der Waals surface area contributed by atoms with Crippen molar-refractivity contribution in [1.82, 2.24) is 10.2 Å². The molecule has 1 aliphatic heterocycles. The minimum atomic E-state index is 0.292. The molecule has 3 nitrogen and oxygen atoms in total. The molecule has 3 heteroatoms. The third-order valence-corrected chi connectivity index (χ3v) is 3.57. The highest BCUT2D eigenvalue weighted by molar-refractivity contribution is 5.76. The van der Waals surface area contributed by atoms with Crippen LogP contribution in [0.1, 0.15) is 45.4 Å². The third-order valence-electron chi connectivity index (χ3n) is 3.57. The summed E-state index contributed by atoms with van der Waals surface area (Å²) < 4.78 is 0. The van der Waals surface area contributed by atoms with E-state index < -0.39 is 0 Å². The van der Waals surface area contributed by atoms with Crippen LogP contribution in [0.4, 0.5) is 0 Å². The molecular weight excluding hydrogens is 224 g/mol. The lowest BCUT2D eigenvalue weighted by atomic mass is 9.99. The standard InChI is InChI=1S/C15H26N2O/c1-3-5-6-7-10-15(18)17(4-2)13-14-9-8-11-16-12-14/h1,14,16H,4-13H2,2H3.